The normalized spacial score (nSPS) is 24.4. The maximum atomic E-state index is 11.3. The first-order chi connectivity index (χ1) is 8.39. The SMILES string of the molecule is CCNC(C)(CCN1CCC(C(C)C)C1)C(=O)O. The van der Waals surface area contributed by atoms with Crippen molar-refractivity contribution < 1.29 is 9.90 Å². The van der Waals surface area contributed by atoms with E-state index in [-0.39, 0.29) is 0 Å². The number of aliphatic carboxylic acids is 1. The molecule has 0 aromatic heterocycles. The van der Waals surface area contributed by atoms with Gasteiger partial charge >= 0.3 is 5.97 Å². The molecule has 1 aliphatic rings. The Labute approximate surface area is 111 Å². The van der Waals surface area contributed by atoms with E-state index in [1.807, 2.05) is 6.92 Å². The number of hydrogen-bond acceptors (Lipinski definition) is 3. The molecule has 0 spiro atoms. The van der Waals surface area contributed by atoms with Gasteiger partial charge in [0, 0.05) is 13.1 Å². The number of hydrogen-bond donors (Lipinski definition) is 2. The van der Waals surface area contributed by atoms with Crippen LogP contribution in [0.3, 0.4) is 0 Å². The zero-order valence-electron chi connectivity index (χ0n) is 12.2. The van der Waals surface area contributed by atoms with Crippen LogP contribution in [0.5, 0.6) is 0 Å². The lowest BCUT2D eigenvalue weighted by atomic mass is 9.95. The Hall–Kier alpha value is -0.610. The summed E-state index contributed by atoms with van der Waals surface area (Å²) in [4.78, 5) is 13.7. The van der Waals surface area contributed by atoms with E-state index in [1.54, 1.807) is 6.92 Å². The molecule has 1 heterocycles. The second-order valence-electron chi connectivity index (χ2n) is 6.01. The van der Waals surface area contributed by atoms with E-state index in [0.717, 1.165) is 31.5 Å². The van der Waals surface area contributed by atoms with Crippen molar-refractivity contribution in [2.24, 2.45) is 11.8 Å². The second-order valence-corrected chi connectivity index (χ2v) is 6.01. The van der Waals surface area contributed by atoms with E-state index < -0.39 is 11.5 Å². The van der Waals surface area contributed by atoms with Gasteiger partial charge in [-0.1, -0.05) is 20.8 Å². The van der Waals surface area contributed by atoms with Crippen LogP contribution in [0.1, 0.15) is 40.5 Å². The number of rotatable bonds is 7. The fourth-order valence-corrected chi connectivity index (χ4v) is 2.65. The van der Waals surface area contributed by atoms with Gasteiger partial charge in [0.1, 0.15) is 5.54 Å². The molecule has 0 aliphatic carbocycles. The zero-order chi connectivity index (χ0) is 13.8. The molecule has 1 rings (SSSR count). The van der Waals surface area contributed by atoms with Crippen LogP contribution < -0.4 is 5.32 Å². The van der Waals surface area contributed by atoms with Crippen molar-refractivity contribution >= 4 is 5.97 Å². The summed E-state index contributed by atoms with van der Waals surface area (Å²) < 4.78 is 0. The molecule has 1 aliphatic heterocycles. The van der Waals surface area contributed by atoms with Gasteiger partial charge in [0.15, 0.2) is 0 Å². The summed E-state index contributed by atoms with van der Waals surface area (Å²) in [6, 6.07) is 0. The molecule has 18 heavy (non-hydrogen) atoms. The highest BCUT2D eigenvalue weighted by atomic mass is 16.4. The summed E-state index contributed by atoms with van der Waals surface area (Å²) in [6.07, 6.45) is 1.92. The van der Waals surface area contributed by atoms with E-state index in [9.17, 15) is 9.90 Å². The number of likely N-dealkylation sites (N-methyl/N-ethyl adjacent to an activating group) is 1. The molecule has 2 N–H and O–H groups in total. The Balaban J connectivity index is 2.42. The molecule has 4 heteroatoms. The Bertz CT molecular complexity index is 281. The summed E-state index contributed by atoms with van der Waals surface area (Å²) in [5.41, 5.74) is -0.787. The Morgan fingerprint density at radius 2 is 2.22 bits per heavy atom. The van der Waals surface area contributed by atoms with Crippen LogP contribution in [-0.2, 0) is 4.79 Å². The van der Waals surface area contributed by atoms with Crippen LogP contribution in [0, 0.1) is 11.8 Å². The van der Waals surface area contributed by atoms with E-state index in [0.29, 0.717) is 13.0 Å². The van der Waals surface area contributed by atoms with E-state index in [4.69, 9.17) is 0 Å². The third-order valence-corrected chi connectivity index (χ3v) is 4.22. The Kier molecular flexibility index (Phi) is 5.60. The van der Waals surface area contributed by atoms with Gasteiger partial charge < -0.3 is 15.3 Å². The molecule has 0 amide bonds. The van der Waals surface area contributed by atoms with Gasteiger partial charge in [-0.15, -0.1) is 0 Å². The molecule has 106 valence electrons. The minimum absolute atomic E-state index is 0.668. The van der Waals surface area contributed by atoms with E-state index in [2.05, 4.69) is 24.1 Å². The van der Waals surface area contributed by atoms with Gasteiger partial charge in [0.2, 0.25) is 0 Å². The van der Waals surface area contributed by atoms with Crippen molar-refractivity contribution in [3.05, 3.63) is 0 Å². The molecule has 1 fully saturated rings. The predicted molar refractivity (Wildman–Crippen MR) is 73.7 cm³/mol. The highest BCUT2D eigenvalue weighted by Gasteiger charge is 2.33. The fraction of sp³-hybridized carbons (Fsp3) is 0.929. The number of nitrogens with one attached hydrogen (secondary N) is 1. The van der Waals surface area contributed by atoms with Gasteiger partial charge in [0.05, 0.1) is 0 Å². The number of carboxylic acid groups (broad SMARTS) is 1. The molecule has 1 saturated heterocycles. The zero-order valence-corrected chi connectivity index (χ0v) is 12.2. The minimum Gasteiger partial charge on any atom is -0.480 e. The first kappa shape index (κ1) is 15.4. The molecule has 2 unspecified atom stereocenters. The van der Waals surface area contributed by atoms with Crippen LogP contribution >= 0.6 is 0 Å². The van der Waals surface area contributed by atoms with Crippen LogP contribution in [-0.4, -0.2) is 47.7 Å². The highest BCUT2D eigenvalue weighted by molar-refractivity contribution is 5.78. The van der Waals surface area contributed by atoms with Crippen molar-refractivity contribution in [2.75, 3.05) is 26.2 Å². The van der Waals surface area contributed by atoms with Gasteiger partial charge in [0.25, 0.3) is 0 Å². The summed E-state index contributed by atoms with van der Waals surface area (Å²) in [5, 5.41) is 12.4. The van der Waals surface area contributed by atoms with Crippen molar-refractivity contribution in [1.82, 2.24) is 10.2 Å². The first-order valence-electron chi connectivity index (χ1n) is 7.10. The average molecular weight is 256 g/mol. The smallest absolute Gasteiger partial charge is 0.323 e. The lowest BCUT2D eigenvalue weighted by Gasteiger charge is -2.28. The van der Waals surface area contributed by atoms with Gasteiger partial charge in [-0.3, -0.25) is 4.79 Å². The number of nitrogens with zero attached hydrogens (tertiary/aromatic N) is 1. The van der Waals surface area contributed by atoms with Crippen molar-refractivity contribution in [2.45, 2.75) is 46.1 Å². The summed E-state index contributed by atoms with van der Waals surface area (Å²) in [5.74, 6) is 0.763. The standard InChI is InChI=1S/C14H28N2O2/c1-5-15-14(4,13(17)18)7-9-16-8-6-12(10-16)11(2)3/h11-12,15H,5-10H2,1-4H3,(H,17,18). The number of carbonyl (C=O) groups is 1. The molecular weight excluding hydrogens is 228 g/mol. The van der Waals surface area contributed by atoms with Gasteiger partial charge in [-0.05, 0) is 44.7 Å². The second kappa shape index (κ2) is 6.53. The maximum Gasteiger partial charge on any atom is 0.323 e. The van der Waals surface area contributed by atoms with Crippen molar-refractivity contribution in [3.63, 3.8) is 0 Å². The van der Waals surface area contributed by atoms with Gasteiger partial charge in [-0.2, -0.15) is 0 Å². The van der Waals surface area contributed by atoms with Crippen molar-refractivity contribution in [1.29, 1.82) is 0 Å². The summed E-state index contributed by atoms with van der Waals surface area (Å²) >= 11 is 0. The quantitative estimate of drug-likeness (QED) is 0.729. The molecule has 0 aromatic carbocycles. The lowest BCUT2D eigenvalue weighted by Crippen LogP contribution is -2.51. The fourth-order valence-electron chi connectivity index (χ4n) is 2.65. The highest BCUT2D eigenvalue weighted by Crippen LogP contribution is 2.24. The third kappa shape index (κ3) is 3.95. The lowest BCUT2D eigenvalue weighted by molar-refractivity contribution is -0.144. The predicted octanol–water partition coefficient (Wildman–Crippen LogP) is 1.81. The summed E-state index contributed by atoms with van der Waals surface area (Å²) in [7, 11) is 0. The molecular formula is C14H28N2O2. The van der Waals surface area contributed by atoms with Crippen LogP contribution in [0.15, 0.2) is 0 Å². The maximum absolute atomic E-state index is 11.3. The van der Waals surface area contributed by atoms with Gasteiger partial charge in [-0.25, -0.2) is 0 Å². The number of likely N-dealkylation sites (tertiary alicyclic amines) is 1. The average Bonchev–Trinajstić information content (AvgIpc) is 2.75. The number of carboxylic acids is 1. The minimum atomic E-state index is -0.787. The van der Waals surface area contributed by atoms with E-state index >= 15 is 0 Å². The van der Waals surface area contributed by atoms with Crippen molar-refractivity contribution in [3.8, 4) is 0 Å². The monoisotopic (exact) mass is 256 g/mol. The molecule has 0 bridgehead atoms. The Morgan fingerprint density at radius 1 is 1.56 bits per heavy atom. The molecule has 4 nitrogen and oxygen atoms in total. The molecule has 0 radical (unpaired) electrons. The topological polar surface area (TPSA) is 52.6 Å². The Morgan fingerprint density at radius 3 is 2.67 bits per heavy atom. The molecule has 0 saturated carbocycles. The largest absolute Gasteiger partial charge is 0.480 e. The molecule has 2 atom stereocenters. The van der Waals surface area contributed by atoms with Crippen LogP contribution in [0.25, 0.3) is 0 Å². The first-order valence-corrected chi connectivity index (χ1v) is 7.10. The van der Waals surface area contributed by atoms with Crippen LogP contribution in [0.4, 0.5) is 0 Å². The third-order valence-electron chi connectivity index (χ3n) is 4.22. The summed E-state index contributed by atoms with van der Waals surface area (Å²) in [6.45, 7) is 12.1. The van der Waals surface area contributed by atoms with Crippen LogP contribution in [0.2, 0.25) is 0 Å². The molecule has 0 aromatic rings. The van der Waals surface area contributed by atoms with E-state index in [1.165, 1.54) is 6.42 Å².